The van der Waals surface area contributed by atoms with Gasteiger partial charge in [0.1, 0.15) is 6.61 Å². The van der Waals surface area contributed by atoms with Gasteiger partial charge in [0.05, 0.1) is 11.8 Å². The van der Waals surface area contributed by atoms with Crippen LogP contribution in [-0.2, 0) is 11.0 Å². The number of nitrogens with zero attached hydrogens (tertiary/aromatic N) is 1. The Morgan fingerprint density at radius 3 is 2.65 bits per heavy atom. The minimum atomic E-state index is -4.37. The molecule has 0 aliphatic carbocycles. The van der Waals surface area contributed by atoms with Gasteiger partial charge in [0.15, 0.2) is 0 Å². The lowest BCUT2D eigenvalue weighted by molar-refractivity contribution is -0.137. The molecule has 0 N–H and O–H groups in total. The van der Waals surface area contributed by atoms with Crippen molar-refractivity contribution in [1.29, 1.82) is 0 Å². The zero-order valence-electron chi connectivity index (χ0n) is 9.50. The molecule has 0 fully saturated rings. The van der Waals surface area contributed by atoms with E-state index in [0.717, 1.165) is 25.1 Å². The first-order chi connectivity index (χ1) is 8.05. The molecule has 0 atom stereocenters. The first-order valence-electron chi connectivity index (χ1n) is 5.37. The summed E-state index contributed by atoms with van der Waals surface area (Å²) in [6, 6.07) is 5.25. The molecule has 2 nitrogen and oxygen atoms in total. The number of hydrogen-bond acceptors (Lipinski definition) is 2. The molecule has 0 saturated heterocycles. The minimum absolute atomic E-state index is 0.0106. The molecule has 17 heavy (non-hydrogen) atoms. The van der Waals surface area contributed by atoms with Gasteiger partial charge < -0.3 is 4.84 Å². The quantitative estimate of drug-likeness (QED) is 0.438. The number of oxime groups is 1. The van der Waals surface area contributed by atoms with E-state index in [-0.39, 0.29) is 5.56 Å². The smallest absolute Gasteiger partial charge is 0.396 e. The fraction of sp³-hybridized carbons (Fsp3) is 0.417. The Bertz CT molecular complexity index is 374. The first kappa shape index (κ1) is 13.5. The molecule has 0 unspecified atom stereocenters. The molecule has 1 rings (SSSR count). The van der Waals surface area contributed by atoms with Crippen molar-refractivity contribution in [1.82, 2.24) is 0 Å². The van der Waals surface area contributed by atoms with E-state index >= 15 is 0 Å². The van der Waals surface area contributed by atoms with E-state index in [1.165, 1.54) is 18.2 Å². The third-order valence-corrected chi connectivity index (χ3v) is 2.12. The number of hydrogen-bond donors (Lipinski definition) is 0. The van der Waals surface area contributed by atoms with Crippen LogP contribution in [0.5, 0.6) is 0 Å². The van der Waals surface area contributed by atoms with Gasteiger partial charge in [-0.05, 0) is 12.5 Å². The van der Waals surface area contributed by atoms with E-state index < -0.39 is 11.7 Å². The van der Waals surface area contributed by atoms with Gasteiger partial charge in [0.2, 0.25) is 0 Å². The second-order valence-corrected chi connectivity index (χ2v) is 3.51. The van der Waals surface area contributed by atoms with Gasteiger partial charge in [-0.1, -0.05) is 36.7 Å². The van der Waals surface area contributed by atoms with E-state index in [1.807, 2.05) is 6.92 Å². The Hall–Kier alpha value is -1.52. The topological polar surface area (TPSA) is 21.6 Å². The van der Waals surface area contributed by atoms with Gasteiger partial charge in [0, 0.05) is 5.56 Å². The summed E-state index contributed by atoms with van der Waals surface area (Å²) in [5.41, 5.74) is -0.695. The maximum atomic E-state index is 12.6. The van der Waals surface area contributed by atoms with Crippen LogP contribution in [0.1, 0.15) is 30.9 Å². The summed E-state index contributed by atoms with van der Waals surface area (Å²) in [6.45, 7) is 2.41. The van der Waals surface area contributed by atoms with Crippen molar-refractivity contribution in [2.75, 3.05) is 6.61 Å². The fourth-order valence-electron chi connectivity index (χ4n) is 1.22. The molecule has 0 aromatic heterocycles. The van der Waals surface area contributed by atoms with Gasteiger partial charge in [0.25, 0.3) is 0 Å². The molecule has 1 aromatic rings. The summed E-state index contributed by atoms with van der Waals surface area (Å²) in [5.74, 6) is 0. The largest absolute Gasteiger partial charge is 0.417 e. The molecule has 0 aliphatic rings. The lowest BCUT2D eigenvalue weighted by Gasteiger charge is -2.08. The zero-order valence-corrected chi connectivity index (χ0v) is 9.50. The monoisotopic (exact) mass is 245 g/mol. The summed E-state index contributed by atoms with van der Waals surface area (Å²) in [5, 5.41) is 3.53. The number of rotatable bonds is 5. The van der Waals surface area contributed by atoms with Crippen LogP contribution in [0.2, 0.25) is 0 Å². The van der Waals surface area contributed by atoms with Gasteiger partial charge in [-0.25, -0.2) is 0 Å². The molecule has 0 amide bonds. The lowest BCUT2D eigenvalue weighted by atomic mass is 10.1. The highest BCUT2D eigenvalue weighted by Gasteiger charge is 2.32. The average Bonchev–Trinajstić information content (AvgIpc) is 2.28. The Kier molecular flexibility index (Phi) is 5.00. The number of unbranched alkanes of at least 4 members (excludes halogenated alkanes) is 1. The lowest BCUT2D eigenvalue weighted by Crippen LogP contribution is -2.08. The summed E-state index contributed by atoms with van der Waals surface area (Å²) >= 11 is 0. The van der Waals surface area contributed by atoms with Crippen LogP contribution < -0.4 is 0 Å². The first-order valence-corrected chi connectivity index (χ1v) is 5.37. The van der Waals surface area contributed by atoms with E-state index in [1.54, 1.807) is 0 Å². The summed E-state index contributed by atoms with van der Waals surface area (Å²) in [7, 11) is 0. The Labute approximate surface area is 98.1 Å². The molecular formula is C12H14F3NO. The van der Waals surface area contributed by atoms with Gasteiger partial charge in [-0.3, -0.25) is 0 Å². The standard InChI is InChI=1S/C12H14F3NO/c1-2-3-8-17-16-9-10-6-4-5-7-11(10)12(13,14)15/h4-7,9H,2-3,8H2,1H3. The van der Waals surface area contributed by atoms with Gasteiger partial charge in [-0.15, -0.1) is 0 Å². The fourth-order valence-corrected chi connectivity index (χ4v) is 1.22. The SMILES string of the molecule is CCCCON=Cc1ccccc1C(F)(F)F. The highest BCUT2D eigenvalue weighted by Crippen LogP contribution is 2.31. The van der Waals surface area contributed by atoms with E-state index in [0.29, 0.717) is 6.61 Å². The average molecular weight is 245 g/mol. The van der Waals surface area contributed by atoms with Crippen molar-refractivity contribution in [2.24, 2.45) is 5.16 Å². The van der Waals surface area contributed by atoms with Crippen molar-refractivity contribution in [3.05, 3.63) is 35.4 Å². The molecule has 0 spiro atoms. The summed E-state index contributed by atoms with van der Waals surface area (Å²) in [6.07, 6.45) is -1.49. The van der Waals surface area contributed by atoms with Gasteiger partial charge >= 0.3 is 6.18 Å². The molecule has 0 saturated carbocycles. The van der Waals surface area contributed by atoms with Crippen molar-refractivity contribution in [3.63, 3.8) is 0 Å². The maximum absolute atomic E-state index is 12.6. The van der Waals surface area contributed by atoms with E-state index in [2.05, 4.69) is 5.16 Å². The van der Waals surface area contributed by atoms with Crippen molar-refractivity contribution in [3.8, 4) is 0 Å². The Morgan fingerprint density at radius 1 is 1.29 bits per heavy atom. The molecule has 0 aliphatic heterocycles. The van der Waals surface area contributed by atoms with E-state index in [4.69, 9.17) is 4.84 Å². The Morgan fingerprint density at radius 2 is 2.00 bits per heavy atom. The third-order valence-electron chi connectivity index (χ3n) is 2.12. The molecule has 0 radical (unpaired) electrons. The molecule has 94 valence electrons. The Balaban J connectivity index is 2.71. The maximum Gasteiger partial charge on any atom is 0.417 e. The normalized spacial score (nSPS) is 12.0. The summed E-state index contributed by atoms with van der Waals surface area (Å²) < 4.78 is 37.7. The molecular weight excluding hydrogens is 231 g/mol. The van der Waals surface area contributed by atoms with Crippen molar-refractivity contribution in [2.45, 2.75) is 25.9 Å². The van der Waals surface area contributed by atoms with Crippen molar-refractivity contribution < 1.29 is 18.0 Å². The molecule has 1 aromatic carbocycles. The highest BCUT2D eigenvalue weighted by molar-refractivity contribution is 5.81. The van der Waals surface area contributed by atoms with Crippen LogP contribution >= 0.6 is 0 Å². The number of halogens is 3. The third kappa shape index (κ3) is 4.46. The molecule has 0 heterocycles. The van der Waals surface area contributed by atoms with Crippen molar-refractivity contribution >= 4 is 6.21 Å². The van der Waals surface area contributed by atoms with E-state index in [9.17, 15) is 13.2 Å². The van der Waals surface area contributed by atoms with Crippen LogP contribution in [0.4, 0.5) is 13.2 Å². The highest BCUT2D eigenvalue weighted by atomic mass is 19.4. The van der Waals surface area contributed by atoms with Crippen LogP contribution in [0.25, 0.3) is 0 Å². The second kappa shape index (κ2) is 6.27. The predicted molar refractivity (Wildman–Crippen MR) is 59.9 cm³/mol. The van der Waals surface area contributed by atoms with Crippen LogP contribution in [0.15, 0.2) is 29.4 Å². The summed E-state index contributed by atoms with van der Waals surface area (Å²) in [4.78, 5) is 4.85. The molecule has 0 bridgehead atoms. The number of alkyl halides is 3. The minimum Gasteiger partial charge on any atom is -0.396 e. The predicted octanol–water partition coefficient (Wildman–Crippen LogP) is 3.86. The van der Waals surface area contributed by atoms with Gasteiger partial charge in [-0.2, -0.15) is 13.2 Å². The number of benzene rings is 1. The molecule has 5 heteroatoms. The van der Waals surface area contributed by atoms with Crippen LogP contribution in [-0.4, -0.2) is 12.8 Å². The van der Waals surface area contributed by atoms with Crippen LogP contribution in [0.3, 0.4) is 0 Å². The second-order valence-electron chi connectivity index (χ2n) is 3.51. The zero-order chi connectivity index (χ0) is 12.7. The van der Waals surface area contributed by atoms with Crippen LogP contribution in [0, 0.1) is 0 Å².